The van der Waals surface area contributed by atoms with Crippen molar-refractivity contribution in [1.82, 2.24) is 45.0 Å². The lowest BCUT2D eigenvalue weighted by molar-refractivity contribution is -0.135. The van der Waals surface area contributed by atoms with Crippen LogP contribution in [0.5, 0.6) is 5.75 Å². The van der Waals surface area contributed by atoms with E-state index < -0.39 is 24.2 Å². The first-order valence-corrected chi connectivity index (χ1v) is 20.6. The molecule has 57 heavy (non-hydrogen) atoms. The van der Waals surface area contributed by atoms with Gasteiger partial charge in [-0.2, -0.15) is 0 Å². The maximum atomic E-state index is 16.6. The summed E-state index contributed by atoms with van der Waals surface area (Å²) in [6, 6.07) is 11.1. The summed E-state index contributed by atoms with van der Waals surface area (Å²) < 4.78 is 30.3. The molecule has 2 unspecified atom stereocenters. The molecule has 0 spiro atoms. The van der Waals surface area contributed by atoms with Crippen molar-refractivity contribution >= 4 is 34.2 Å². The van der Waals surface area contributed by atoms with Gasteiger partial charge in [0.25, 0.3) is 0 Å². The Morgan fingerprint density at radius 3 is 2.63 bits per heavy atom. The van der Waals surface area contributed by atoms with Gasteiger partial charge in [-0.05, 0) is 74.9 Å². The summed E-state index contributed by atoms with van der Waals surface area (Å²) in [5, 5.41) is 8.24. The van der Waals surface area contributed by atoms with Crippen LogP contribution in [0.4, 0.5) is 9.18 Å². The van der Waals surface area contributed by atoms with E-state index in [1.54, 1.807) is 22.4 Å². The van der Waals surface area contributed by atoms with Crippen LogP contribution in [0.25, 0.3) is 44.7 Å². The van der Waals surface area contributed by atoms with E-state index in [9.17, 15) is 9.59 Å². The molecule has 1 aliphatic carbocycles. The van der Waals surface area contributed by atoms with E-state index in [0.717, 1.165) is 75.8 Å². The highest BCUT2D eigenvalue weighted by molar-refractivity contribution is 7.11. The number of halogens is 1. The molecule has 3 aliphatic rings. The normalized spacial score (nSPS) is 18.0. The average molecular weight is 792 g/mol. The van der Waals surface area contributed by atoms with Crippen LogP contribution in [0.3, 0.4) is 0 Å². The smallest absolute Gasteiger partial charge is 0.407 e. The van der Waals surface area contributed by atoms with E-state index >= 15 is 4.39 Å². The molecule has 296 valence electrons. The number of hydrogen-bond acceptors (Lipinski definition) is 9. The number of nitrogens with one attached hydrogen (secondary N) is 4. The van der Waals surface area contributed by atoms with Crippen molar-refractivity contribution < 1.29 is 23.5 Å². The first-order valence-electron chi connectivity index (χ1n) is 19.8. The molecule has 4 N–H and O–H groups in total. The summed E-state index contributed by atoms with van der Waals surface area (Å²) in [5.74, 6) is 1.55. The van der Waals surface area contributed by atoms with Crippen LogP contribution in [0.15, 0.2) is 55.0 Å². The van der Waals surface area contributed by atoms with Gasteiger partial charge in [-0.15, -0.1) is 11.3 Å². The quantitative estimate of drug-likeness (QED) is 0.0971. The van der Waals surface area contributed by atoms with Crippen molar-refractivity contribution in [2.45, 2.75) is 83.6 Å². The maximum Gasteiger partial charge on any atom is 0.407 e. The molecule has 3 atom stereocenters. The van der Waals surface area contributed by atoms with E-state index in [1.807, 2.05) is 45.3 Å². The number of carbonyl (C=O) groups is 2. The third-order valence-corrected chi connectivity index (χ3v) is 12.3. The lowest BCUT2D eigenvalue weighted by Crippen LogP contribution is -2.51. The Balaban J connectivity index is 1.05. The van der Waals surface area contributed by atoms with Gasteiger partial charge in [0, 0.05) is 35.2 Å². The Hall–Kier alpha value is -5.54. The van der Waals surface area contributed by atoms with Gasteiger partial charge in [0.15, 0.2) is 0 Å². The Kier molecular flexibility index (Phi) is 9.81. The van der Waals surface area contributed by atoms with Crippen LogP contribution in [-0.4, -0.2) is 72.6 Å². The molecule has 2 amide bonds. The second-order valence-corrected chi connectivity index (χ2v) is 16.6. The van der Waals surface area contributed by atoms with Gasteiger partial charge < -0.3 is 35.0 Å². The lowest BCUT2D eigenvalue weighted by Gasteiger charge is -2.29. The van der Waals surface area contributed by atoms with Crippen molar-refractivity contribution in [3.63, 3.8) is 0 Å². The summed E-state index contributed by atoms with van der Waals surface area (Å²) in [6.45, 7) is 7.35. The van der Waals surface area contributed by atoms with Crippen molar-refractivity contribution in [1.29, 1.82) is 0 Å². The molecule has 1 saturated heterocycles. The number of amides is 2. The Morgan fingerprint density at radius 2 is 1.88 bits per heavy atom. The number of imidazole rings is 2. The molecule has 2 fully saturated rings. The number of methoxy groups -OCH3 is 1. The first-order chi connectivity index (χ1) is 27.7. The molecular formula is C42H46FN9O4S. The minimum Gasteiger partial charge on any atom is -0.464 e. The average Bonchev–Trinajstić information content (AvgIpc) is 3.82. The van der Waals surface area contributed by atoms with Crippen LogP contribution < -0.4 is 15.4 Å². The number of alkyl carbamates (subject to hydrolysis) is 1. The van der Waals surface area contributed by atoms with E-state index in [-0.39, 0.29) is 24.4 Å². The minimum absolute atomic E-state index is 0.167. The molecule has 0 radical (unpaired) electrons. The van der Waals surface area contributed by atoms with Gasteiger partial charge in [-0.1, -0.05) is 26.8 Å². The number of hydrogen-bond donors (Lipinski definition) is 4. The largest absolute Gasteiger partial charge is 0.464 e. The molecule has 2 aromatic carbocycles. The molecule has 2 aliphatic heterocycles. The van der Waals surface area contributed by atoms with E-state index in [1.165, 1.54) is 13.2 Å². The third kappa shape index (κ3) is 7.07. The van der Waals surface area contributed by atoms with Crippen molar-refractivity contribution in [3.05, 3.63) is 82.3 Å². The zero-order chi connectivity index (χ0) is 39.4. The Labute approximate surface area is 333 Å². The fourth-order valence-electron chi connectivity index (χ4n) is 8.00. The molecule has 13 nitrogen and oxygen atoms in total. The fourth-order valence-corrected chi connectivity index (χ4v) is 9.11. The molecule has 0 bridgehead atoms. The van der Waals surface area contributed by atoms with Crippen molar-refractivity contribution in [3.8, 4) is 39.5 Å². The summed E-state index contributed by atoms with van der Waals surface area (Å²) in [6.07, 6.45) is 9.39. The van der Waals surface area contributed by atoms with Crippen LogP contribution in [-0.2, 0) is 16.1 Å². The number of nitrogens with zero attached hydrogens (tertiary/aromatic N) is 5. The predicted molar refractivity (Wildman–Crippen MR) is 215 cm³/mol. The number of fused-ring (bicyclic) bond motifs is 5. The third-order valence-electron chi connectivity index (χ3n) is 11.1. The second-order valence-electron chi connectivity index (χ2n) is 15.5. The van der Waals surface area contributed by atoms with Crippen molar-refractivity contribution in [2.24, 2.45) is 5.92 Å². The highest BCUT2D eigenvalue weighted by Crippen LogP contribution is 2.49. The van der Waals surface area contributed by atoms with Gasteiger partial charge in [0.05, 0.1) is 70.1 Å². The number of benzene rings is 2. The SMILES string of the molecule is CCCN(Cc1ncc(-c2cc(F)c3c(c2)OC(c2cnc(C4CC4)s2)n2c-3cc3cc(-c4cnc(C5CCCN5)[nH]4)ccc32)[nH]1)C(=O)[C@@H](NC(=O)OC)C(C)C. The van der Waals surface area contributed by atoms with E-state index in [4.69, 9.17) is 14.5 Å². The zero-order valence-electron chi connectivity index (χ0n) is 32.4. The number of H-pyrrole nitrogens is 2. The van der Waals surface area contributed by atoms with Gasteiger partial charge in [0.2, 0.25) is 12.1 Å². The van der Waals surface area contributed by atoms with Crippen molar-refractivity contribution in [2.75, 3.05) is 20.2 Å². The molecule has 4 aromatic heterocycles. The number of thiazole rings is 1. The van der Waals surface area contributed by atoms with Gasteiger partial charge in [0.1, 0.15) is 29.3 Å². The molecule has 6 aromatic rings. The van der Waals surface area contributed by atoms with Crippen LogP contribution in [0.1, 0.15) is 92.6 Å². The highest BCUT2D eigenvalue weighted by Gasteiger charge is 2.35. The fraction of sp³-hybridized carbons (Fsp3) is 0.405. The van der Waals surface area contributed by atoms with Crippen LogP contribution in [0, 0.1) is 11.7 Å². The maximum absolute atomic E-state index is 16.6. The zero-order valence-corrected chi connectivity index (χ0v) is 33.2. The van der Waals surface area contributed by atoms with Gasteiger partial charge in [-0.3, -0.25) is 9.36 Å². The van der Waals surface area contributed by atoms with Crippen LogP contribution in [0.2, 0.25) is 0 Å². The number of ether oxygens (including phenoxy) is 2. The monoisotopic (exact) mass is 791 g/mol. The van der Waals surface area contributed by atoms with Gasteiger partial charge >= 0.3 is 6.09 Å². The number of aromatic nitrogens is 6. The molecular weight excluding hydrogens is 746 g/mol. The highest BCUT2D eigenvalue weighted by atomic mass is 32.1. The van der Waals surface area contributed by atoms with E-state index in [2.05, 4.69) is 53.3 Å². The Morgan fingerprint density at radius 1 is 1.05 bits per heavy atom. The number of carbonyl (C=O) groups excluding carboxylic acids is 2. The summed E-state index contributed by atoms with van der Waals surface area (Å²) in [7, 11) is 1.27. The topological polar surface area (TPSA) is 155 Å². The summed E-state index contributed by atoms with van der Waals surface area (Å²) in [5.41, 5.74) is 5.11. The second kappa shape index (κ2) is 15.1. The van der Waals surface area contributed by atoms with Gasteiger partial charge in [-0.25, -0.2) is 24.1 Å². The summed E-state index contributed by atoms with van der Waals surface area (Å²) >= 11 is 1.65. The van der Waals surface area contributed by atoms with E-state index in [0.29, 0.717) is 47.3 Å². The molecule has 15 heteroatoms. The first kappa shape index (κ1) is 37.1. The predicted octanol–water partition coefficient (Wildman–Crippen LogP) is 8.04. The standard InChI is InChI=1S/C42H46FN9O4S/c1-5-13-51(40(53)37(22(2)3)50-42(54)55-4)21-35-45-18-30(48-35)25-15-27(43)36-32-16-26-14-24(29-19-46-38(49-29)28-7-6-12-44-28)10-11-31(26)52(32)41(56-33(36)17-25)34-20-47-39(57-34)23-8-9-23/h10-11,14-20,22-23,28,37,41,44H,5-9,12-13,21H2,1-4H3,(H,45,48)(H,46,49)(H,50,54)/t28?,37-,41?/m0/s1. The number of rotatable bonds is 12. The molecule has 1 saturated carbocycles. The lowest BCUT2D eigenvalue weighted by atomic mass is 10.0. The molecule has 6 heterocycles. The molecule has 9 rings (SSSR count). The Bertz CT molecular complexity index is 2460. The summed E-state index contributed by atoms with van der Waals surface area (Å²) in [4.78, 5) is 49.2. The van der Waals surface area contributed by atoms with Crippen LogP contribution >= 0.6 is 11.3 Å². The minimum atomic E-state index is -0.767. The number of aromatic amines is 2.